The van der Waals surface area contributed by atoms with Gasteiger partial charge in [0.05, 0.1) is 6.10 Å². The minimum absolute atomic E-state index is 0.0983. The Balaban J connectivity index is 1.66. The zero-order chi connectivity index (χ0) is 21.4. The van der Waals surface area contributed by atoms with Crippen LogP contribution < -0.4 is 15.5 Å². The summed E-state index contributed by atoms with van der Waals surface area (Å²) in [6, 6.07) is 7.81. The Hall–Kier alpha value is -2.25. The molecule has 0 bridgehead atoms. The predicted molar refractivity (Wildman–Crippen MR) is 118 cm³/mol. The number of pyridine rings is 2. The minimum Gasteiger partial charge on any atom is -0.378 e. The number of nitrogens with zero attached hydrogens (tertiary/aromatic N) is 3. The van der Waals surface area contributed by atoms with Crippen LogP contribution in [0.25, 0.3) is 0 Å². The molecule has 0 spiro atoms. The number of rotatable bonds is 6. The number of halogens is 1. The zero-order valence-corrected chi connectivity index (χ0v) is 18.3. The zero-order valence-electron chi connectivity index (χ0n) is 18.3. The van der Waals surface area contributed by atoms with Gasteiger partial charge in [-0.1, -0.05) is 6.92 Å². The van der Waals surface area contributed by atoms with Crippen LogP contribution >= 0.6 is 0 Å². The summed E-state index contributed by atoms with van der Waals surface area (Å²) in [5.41, 5.74) is 0.544. The van der Waals surface area contributed by atoms with Gasteiger partial charge in [0, 0.05) is 26.4 Å². The first-order valence-corrected chi connectivity index (χ1v) is 10.7. The van der Waals surface area contributed by atoms with Crippen molar-refractivity contribution in [1.29, 1.82) is 0 Å². The maximum Gasteiger partial charge on any atom is 0.134 e. The highest BCUT2D eigenvalue weighted by Crippen LogP contribution is 2.37. The first-order valence-electron chi connectivity index (χ1n) is 10.7. The lowest BCUT2D eigenvalue weighted by molar-refractivity contribution is 0.0783. The second kappa shape index (κ2) is 8.12. The molecule has 4 rings (SSSR count). The lowest BCUT2D eigenvalue weighted by Gasteiger charge is -2.40. The van der Waals surface area contributed by atoms with Crippen LogP contribution in [0.2, 0.25) is 0 Å². The maximum atomic E-state index is 14.4. The van der Waals surface area contributed by atoms with Gasteiger partial charge in [0.2, 0.25) is 0 Å². The molecule has 2 aliphatic rings. The Morgan fingerprint density at radius 3 is 2.60 bits per heavy atom. The highest BCUT2D eigenvalue weighted by molar-refractivity contribution is 5.59. The van der Waals surface area contributed by atoms with Gasteiger partial charge in [0.15, 0.2) is 0 Å². The Morgan fingerprint density at radius 1 is 1.20 bits per heavy atom. The summed E-state index contributed by atoms with van der Waals surface area (Å²) in [6.07, 6.45) is 4.06. The van der Waals surface area contributed by atoms with Crippen molar-refractivity contribution >= 4 is 17.5 Å². The van der Waals surface area contributed by atoms with E-state index in [0.29, 0.717) is 11.4 Å². The molecule has 2 aromatic heterocycles. The van der Waals surface area contributed by atoms with Crippen LogP contribution in [0, 0.1) is 0 Å². The predicted octanol–water partition coefficient (Wildman–Crippen LogP) is 3.90. The van der Waals surface area contributed by atoms with Gasteiger partial charge < -0.3 is 20.3 Å². The molecule has 0 amide bonds. The van der Waals surface area contributed by atoms with Gasteiger partial charge in [0.1, 0.15) is 23.1 Å². The van der Waals surface area contributed by atoms with Gasteiger partial charge in [-0.3, -0.25) is 0 Å². The Labute approximate surface area is 178 Å². The molecule has 7 heteroatoms. The normalized spacial score (nSPS) is 19.4. The highest BCUT2D eigenvalue weighted by atomic mass is 19.1. The lowest BCUT2D eigenvalue weighted by atomic mass is 9.75. The molecule has 6 nitrogen and oxygen atoms in total. The van der Waals surface area contributed by atoms with E-state index in [9.17, 15) is 4.39 Å². The van der Waals surface area contributed by atoms with Gasteiger partial charge in [-0.15, -0.1) is 0 Å². The lowest BCUT2D eigenvalue weighted by Crippen LogP contribution is -2.52. The smallest absolute Gasteiger partial charge is 0.134 e. The average molecular weight is 414 g/mol. The molecule has 0 aromatic carbocycles. The van der Waals surface area contributed by atoms with Crippen LogP contribution in [-0.2, 0) is 15.8 Å². The van der Waals surface area contributed by atoms with Crippen molar-refractivity contribution in [3.63, 3.8) is 0 Å². The van der Waals surface area contributed by atoms with Crippen molar-refractivity contribution in [3.05, 3.63) is 41.6 Å². The fourth-order valence-electron chi connectivity index (χ4n) is 4.13. The second-order valence-corrected chi connectivity index (χ2v) is 9.20. The number of aromatic nitrogens is 2. The third-order valence-corrected chi connectivity index (χ3v) is 6.42. The van der Waals surface area contributed by atoms with Crippen molar-refractivity contribution in [2.45, 2.75) is 50.8 Å². The molecule has 2 saturated heterocycles. The summed E-state index contributed by atoms with van der Waals surface area (Å²) in [5.74, 6) is 2.29. The molecule has 0 radical (unpaired) electrons. The number of alkyl halides is 1. The van der Waals surface area contributed by atoms with Crippen LogP contribution in [0.15, 0.2) is 30.5 Å². The van der Waals surface area contributed by atoms with Gasteiger partial charge in [-0.05, 0) is 80.6 Å². The molecule has 2 N–H and O–H groups in total. The summed E-state index contributed by atoms with van der Waals surface area (Å²) < 4.78 is 19.8. The van der Waals surface area contributed by atoms with E-state index in [1.807, 2.05) is 0 Å². The highest BCUT2D eigenvalue weighted by Gasteiger charge is 2.32. The molecule has 2 aliphatic heterocycles. The van der Waals surface area contributed by atoms with Crippen molar-refractivity contribution in [3.8, 4) is 0 Å². The van der Waals surface area contributed by atoms with Gasteiger partial charge in [-0.2, -0.15) is 0 Å². The average Bonchev–Trinajstić information content (AvgIpc) is 2.67. The third-order valence-electron chi connectivity index (χ3n) is 6.42. The van der Waals surface area contributed by atoms with E-state index < -0.39 is 5.67 Å². The van der Waals surface area contributed by atoms with Crippen LogP contribution in [0.4, 0.5) is 21.8 Å². The molecule has 2 aromatic rings. The minimum atomic E-state index is -1.42. The number of anilines is 3. The summed E-state index contributed by atoms with van der Waals surface area (Å²) in [4.78, 5) is 11.5. The molecule has 30 heavy (non-hydrogen) atoms. The summed E-state index contributed by atoms with van der Waals surface area (Å²) in [5, 5.41) is 6.77. The summed E-state index contributed by atoms with van der Waals surface area (Å²) in [6.45, 7) is 9.15. The summed E-state index contributed by atoms with van der Waals surface area (Å²) in [7, 11) is 1.75. The Kier molecular flexibility index (Phi) is 5.68. The fraction of sp³-hybridized carbons (Fsp3) is 0.565. The quantitative estimate of drug-likeness (QED) is 0.749. The molecule has 0 atom stereocenters. The van der Waals surface area contributed by atoms with Crippen LogP contribution in [0.1, 0.15) is 44.7 Å². The van der Waals surface area contributed by atoms with E-state index >= 15 is 0 Å². The largest absolute Gasteiger partial charge is 0.378 e. The van der Waals surface area contributed by atoms with E-state index in [1.165, 1.54) is 5.56 Å². The molecule has 0 aliphatic carbocycles. The standard InChI is InChI=1S/C23H32FN5O/c1-22(2,24)16-5-8-26-19(11-16)27-20-12-17(23(3)6-9-25-10-7-23)13-21(28-20)29-14-18(15-29)30-4/h5,8,11-13,18,25H,6-7,9-10,14-15H2,1-4H3,(H,26,27,28). The number of piperidine rings is 1. The van der Waals surface area contributed by atoms with E-state index in [1.54, 1.807) is 39.3 Å². The van der Waals surface area contributed by atoms with Crippen LogP contribution in [0.3, 0.4) is 0 Å². The number of nitrogens with one attached hydrogen (secondary N) is 2. The van der Waals surface area contributed by atoms with Gasteiger partial charge >= 0.3 is 0 Å². The number of hydrogen-bond acceptors (Lipinski definition) is 6. The van der Waals surface area contributed by atoms with Crippen molar-refractivity contribution in [2.24, 2.45) is 0 Å². The Morgan fingerprint density at radius 2 is 1.93 bits per heavy atom. The van der Waals surface area contributed by atoms with E-state index in [4.69, 9.17) is 9.72 Å². The monoisotopic (exact) mass is 413 g/mol. The Bertz CT molecular complexity index is 885. The fourth-order valence-corrected chi connectivity index (χ4v) is 4.13. The molecule has 0 saturated carbocycles. The maximum absolute atomic E-state index is 14.4. The molecule has 0 unspecified atom stereocenters. The summed E-state index contributed by atoms with van der Waals surface area (Å²) >= 11 is 0. The van der Waals surface area contributed by atoms with Crippen molar-refractivity contribution in [1.82, 2.24) is 15.3 Å². The van der Waals surface area contributed by atoms with Gasteiger partial charge in [-0.25, -0.2) is 14.4 Å². The molecule has 4 heterocycles. The molecular weight excluding hydrogens is 381 g/mol. The topological polar surface area (TPSA) is 62.3 Å². The number of hydrogen-bond donors (Lipinski definition) is 2. The SMILES string of the molecule is COC1CN(c2cc(C3(C)CCNCC3)cc(Nc3cc(C(C)(C)F)ccn3)n2)C1. The van der Waals surface area contributed by atoms with Crippen molar-refractivity contribution < 1.29 is 9.13 Å². The van der Waals surface area contributed by atoms with E-state index in [-0.39, 0.29) is 11.5 Å². The van der Waals surface area contributed by atoms with E-state index in [0.717, 1.165) is 50.7 Å². The number of methoxy groups -OCH3 is 1. The second-order valence-electron chi connectivity index (χ2n) is 9.20. The first-order chi connectivity index (χ1) is 14.3. The molecular formula is C23H32FN5O. The number of ether oxygens (including phenoxy) is 1. The van der Waals surface area contributed by atoms with E-state index in [2.05, 4.69) is 39.6 Å². The van der Waals surface area contributed by atoms with Crippen LogP contribution in [-0.4, -0.2) is 49.4 Å². The van der Waals surface area contributed by atoms with Crippen molar-refractivity contribution in [2.75, 3.05) is 43.5 Å². The van der Waals surface area contributed by atoms with Crippen LogP contribution in [0.5, 0.6) is 0 Å². The first kappa shape index (κ1) is 21.0. The third kappa shape index (κ3) is 4.42. The molecule has 162 valence electrons. The molecule has 2 fully saturated rings. The van der Waals surface area contributed by atoms with Gasteiger partial charge in [0.25, 0.3) is 0 Å².